The zero-order valence-electron chi connectivity index (χ0n) is 13.7. The fraction of sp³-hybridized carbons (Fsp3) is 0.929. The maximum absolute atomic E-state index is 5.34. The molecule has 0 unspecified atom stereocenters. The first-order chi connectivity index (χ1) is 9.76. The average Bonchev–Trinajstić information content (AvgIpc) is 2.48. The van der Waals surface area contributed by atoms with E-state index in [0.717, 1.165) is 71.5 Å². The Bertz CT molecular complexity index is 272. The third-order valence-corrected chi connectivity index (χ3v) is 3.46. The van der Waals surface area contributed by atoms with Crippen LogP contribution in [0.15, 0.2) is 4.99 Å². The number of guanidine groups is 1. The molecule has 0 atom stereocenters. The van der Waals surface area contributed by atoms with Crippen LogP contribution in [-0.2, 0) is 4.74 Å². The van der Waals surface area contributed by atoms with Crippen LogP contribution < -0.4 is 10.6 Å². The Labute approximate surface area is 146 Å². The van der Waals surface area contributed by atoms with Crippen molar-refractivity contribution in [2.45, 2.75) is 13.8 Å². The maximum Gasteiger partial charge on any atom is 0.191 e. The zero-order valence-corrected chi connectivity index (χ0v) is 16.1. The molecule has 1 fully saturated rings. The number of halogens is 1. The molecule has 0 aromatic carbocycles. The largest absolute Gasteiger partial charge is 0.379 e. The van der Waals surface area contributed by atoms with Gasteiger partial charge in [-0.3, -0.25) is 9.89 Å². The Hall–Kier alpha value is -0.120. The number of hydrogen-bond donors (Lipinski definition) is 2. The van der Waals surface area contributed by atoms with E-state index >= 15 is 0 Å². The van der Waals surface area contributed by atoms with Crippen LogP contribution in [-0.4, -0.2) is 88.4 Å². The van der Waals surface area contributed by atoms with Crippen molar-refractivity contribution in [2.24, 2.45) is 4.99 Å². The molecule has 0 amide bonds. The van der Waals surface area contributed by atoms with Crippen LogP contribution >= 0.6 is 24.0 Å². The first kappa shape index (κ1) is 20.9. The van der Waals surface area contributed by atoms with Crippen LogP contribution in [0.5, 0.6) is 0 Å². The highest BCUT2D eigenvalue weighted by Crippen LogP contribution is 1.95. The maximum atomic E-state index is 5.34. The minimum atomic E-state index is 0. The van der Waals surface area contributed by atoms with E-state index in [0.29, 0.717) is 0 Å². The molecule has 0 aromatic rings. The van der Waals surface area contributed by atoms with Gasteiger partial charge in [0.1, 0.15) is 0 Å². The minimum Gasteiger partial charge on any atom is -0.379 e. The molecule has 7 heteroatoms. The summed E-state index contributed by atoms with van der Waals surface area (Å²) in [5.41, 5.74) is 0. The summed E-state index contributed by atoms with van der Waals surface area (Å²) in [5.74, 6) is 0.922. The highest BCUT2D eigenvalue weighted by molar-refractivity contribution is 14.0. The van der Waals surface area contributed by atoms with E-state index in [1.54, 1.807) is 0 Å². The van der Waals surface area contributed by atoms with Gasteiger partial charge in [0.05, 0.1) is 19.8 Å². The predicted molar refractivity (Wildman–Crippen MR) is 99.8 cm³/mol. The van der Waals surface area contributed by atoms with Crippen molar-refractivity contribution in [1.29, 1.82) is 0 Å². The van der Waals surface area contributed by atoms with E-state index in [9.17, 15) is 0 Å². The second-order valence-corrected chi connectivity index (χ2v) is 5.04. The van der Waals surface area contributed by atoms with Crippen LogP contribution in [0, 0.1) is 0 Å². The molecule has 0 bridgehead atoms. The lowest BCUT2D eigenvalue weighted by molar-refractivity contribution is 0.0394. The van der Waals surface area contributed by atoms with E-state index < -0.39 is 0 Å². The van der Waals surface area contributed by atoms with Crippen LogP contribution in [0.3, 0.4) is 0 Å². The molecule has 2 N–H and O–H groups in total. The Balaban J connectivity index is 0.00000400. The summed E-state index contributed by atoms with van der Waals surface area (Å²) in [6, 6.07) is 0. The minimum absolute atomic E-state index is 0. The number of morpholine rings is 1. The molecule has 1 aliphatic rings. The number of aliphatic imine (C=N–C) groups is 1. The fourth-order valence-corrected chi connectivity index (χ4v) is 1.99. The summed E-state index contributed by atoms with van der Waals surface area (Å²) in [5, 5.41) is 6.67. The topological polar surface area (TPSA) is 52.1 Å². The molecule has 126 valence electrons. The first-order valence-electron chi connectivity index (χ1n) is 7.77. The molecule has 21 heavy (non-hydrogen) atoms. The van der Waals surface area contributed by atoms with Gasteiger partial charge in [-0.15, -0.1) is 24.0 Å². The van der Waals surface area contributed by atoms with E-state index in [1.165, 1.54) is 0 Å². The lowest BCUT2D eigenvalue weighted by Gasteiger charge is -2.25. The summed E-state index contributed by atoms with van der Waals surface area (Å²) < 4.78 is 5.34. The monoisotopic (exact) mass is 413 g/mol. The van der Waals surface area contributed by atoms with Crippen molar-refractivity contribution in [2.75, 3.05) is 72.6 Å². The molecular weight excluding hydrogens is 381 g/mol. The van der Waals surface area contributed by atoms with Gasteiger partial charge in [0.25, 0.3) is 0 Å². The van der Waals surface area contributed by atoms with Crippen molar-refractivity contribution >= 4 is 29.9 Å². The Morgan fingerprint density at radius 3 is 2.57 bits per heavy atom. The Morgan fingerprint density at radius 2 is 1.95 bits per heavy atom. The molecule has 1 saturated heterocycles. The summed E-state index contributed by atoms with van der Waals surface area (Å²) in [6.07, 6.45) is 0. The predicted octanol–water partition coefficient (Wildman–Crippen LogP) is 0.443. The SMILES string of the molecule is CCNC(=NCCN1CCOCC1)NCCN(C)CC.I. The van der Waals surface area contributed by atoms with Crippen LogP contribution in [0.1, 0.15) is 13.8 Å². The molecule has 0 radical (unpaired) electrons. The molecule has 1 rings (SSSR count). The van der Waals surface area contributed by atoms with Gasteiger partial charge in [0, 0.05) is 39.3 Å². The molecular formula is C14H32IN5O. The second-order valence-electron chi connectivity index (χ2n) is 5.04. The van der Waals surface area contributed by atoms with Gasteiger partial charge in [0.15, 0.2) is 5.96 Å². The van der Waals surface area contributed by atoms with Crippen LogP contribution in [0.2, 0.25) is 0 Å². The number of nitrogens with one attached hydrogen (secondary N) is 2. The summed E-state index contributed by atoms with van der Waals surface area (Å²) >= 11 is 0. The normalized spacial score (nSPS) is 16.7. The second kappa shape index (κ2) is 13.5. The van der Waals surface area contributed by atoms with E-state index in [2.05, 4.69) is 46.3 Å². The highest BCUT2D eigenvalue weighted by atomic mass is 127. The van der Waals surface area contributed by atoms with Gasteiger partial charge >= 0.3 is 0 Å². The van der Waals surface area contributed by atoms with Crippen molar-refractivity contribution in [1.82, 2.24) is 20.4 Å². The van der Waals surface area contributed by atoms with E-state index in [1.807, 2.05) is 0 Å². The number of likely N-dealkylation sites (N-methyl/N-ethyl adjacent to an activating group) is 1. The first-order valence-corrected chi connectivity index (χ1v) is 7.77. The molecule has 0 aliphatic carbocycles. The average molecular weight is 413 g/mol. The van der Waals surface area contributed by atoms with Gasteiger partial charge < -0.3 is 20.3 Å². The van der Waals surface area contributed by atoms with Crippen molar-refractivity contribution in [3.63, 3.8) is 0 Å². The number of nitrogens with zero attached hydrogens (tertiary/aromatic N) is 3. The standard InChI is InChI=1S/C14H31N5O.HI/c1-4-15-14(16-6-8-18(3)5-2)17-7-9-19-10-12-20-13-11-19;/h4-13H2,1-3H3,(H2,15,16,17);1H. The van der Waals surface area contributed by atoms with Gasteiger partial charge in [-0.1, -0.05) is 6.92 Å². The lowest BCUT2D eigenvalue weighted by Crippen LogP contribution is -2.42. The van der Waals surface area contributed by atoms with Crippen molar-refractivity contribution in [3.8, 4) is 0 Å². The Kier molecular flexibility index (Phi) is 13.5. The van der Waals surface area contributed by atoms with E-state index in [-0.39, 0.29) is 24.0 Å². The van der Waals surface area contributed by atoms with Crippen LogP contribution in [0.25, 0.3) is 0 Å². The smallest absolute Gasteiger partial charge is 0.191 e. The summed E-state index contributed by atoms with van der Waals surface area (Å²) in [6.45, 7) is 13.8. The summed E-state index contributed by atoms with van der Waals surface area (Å²) in [4.78, 5) is 9.31. The number of rotatable bonds is 8. The molecule has 0 saturated carbocycles. The fourth-order valence-electron chi connectivity index (χ4n) is 1.99. The molecule has 0 aromatic heterocycles. The highest BCUT2D eigenvalue weighted by Gasteiger charge is 2.09. The number of hydrogen-bond acceptors (Lipinski definition) is 4. The van der Waals surface area contributed by atoms with Crippen LogP contribution in [0.4, 0.5) is 0 Å². The van der Waals surface area contributed by atoms with E-state index in [4.69, 9.17) is 4.74 Å². The van der Waals surface area contributed by atoms with Crippen molar-refractivity contribution < 1.29 is 4.74 Å². The molecule has 1 heterocycles. The molecule has 6 nitrogen and oxygen atoms in total. The quantitative estimate of drug-likeness (QED) is 0.344. The third-order valence-electron chi connectivity index (χ3n) is 3.46. The number of ether oxygens (including phenoxy) is 1. The molecule has 1 aliphatic heterocycles. The Morgan fingerprint density at radius 1 is 1.24 bits per heavy atom. The molecule has 0 spiro atoms. The van der Waals surface area contributed by atoms with Gasteiger partial charge in [-0.2, -0.15) is 0 Å². The zero-order chi connectivity index (χ0) is 14.6. The van der Waals surface area contributed by atoms with Crippen molar-refractivity contribution in [3.05, 3.63) is 0 Å². The van der Waals surface area contributed by atoms with Gasteiger partial charge in [-0.05, 0) is 20.5 Å². The van der Waals surface area contributed by atoms with Gasteiger partial charge in [-0.25, -0.2) is 0 Å². The summed E-state index contributed by atoms with van der Waals surface area (Å²) in [7, 11) is 2.13. The van der Waals surface area contributed by atoms with Gasteiger partial charge in [0.2, 0.25) is 0 Å². The lowest BCUT2D eigenvalue weighted by atomic mass is 10.4. The third kappa shape index (κ3) is 10.3.